The molecule has 0 atom stereocenters. The second kappa shape index (κ2) is 7.27. The average molecular weight is 423 g/mol. The fraction of sp³-hybridized carbons (Fsp3) is 0.278. The minimum atomic E-state index is -3.56. The molecule has 1 aliphatic rings. The van der Waals surface area contributed by atoms with Gasteiger partial charge >= 0.3 is 0 Å². The summed E-state index contributed by atoms with van der Waals surface area (Å²) in [5, 5.41) is 2.79. The number of benzene rings is 2. The third-order valence-electron chi connectivity index (χ3n) is 4.22. The van der Waals surface area contributed by atoms with Crippen molar-refractivity contribution in [2.45, 2.75) is 24.7 Å². The number of halogens is 1. The lowest BCUT2D eigenvalue weighted by molar-refractivity contribution is 0.102. The molecule has 1 amide bonds. The Bertz CT molecular complexity index is 906. The van der Waals surface area contributed by atoms with E-state index >= 15 is 0 Å². The number of hydrogen-bond donors (Lipinski definition) is 1. The molecule has 132 valence electrons. The summed E-state index contributed by atoms with van der Waals surface area (Å²) in [4.78, 5) is 12.7. The second-order valence-electron chi connectivity index (χ2n) is 6.06. The molecular weight excluding hydrogens is 404 g/mol. The van der Waals surface area contributed by atoms with Crippen molar-refractivity contribution in [1.82, 2.24) is 4.31 Å². The molecule has 0 aromatic heterocycles. The minimum absolute atomic E-state index is 0.205. The van der Waals surface area contributed by atoms with Gasteiger partial charge in [-0.15, -0.1) is 0 Å². The predicted octanol–water partition coefficient (Wildman–Crippen LogP) is 3.79. The lowest BCUT2D eigenvalue weighted by Crippen LogP contribution is -2.28. The molecule has 1 saturated heterocycles. The van der Waals surface area contributed by atoms with Gasteiger partial charge in [-0.3, -0.25) is 4.79 Å². The van der Waals surface area contributed by atoms with Crippen molar-refractivity contribution in [1.29, 1.82) is 0 Å². The molecule has 1 aliphatic heterocycles. The molecule has 3 rings (SSSR count). The van der Waals surface area contributed by atoms with Crippen LogP contribution in [0, 0.1) is 6.92 Å². The highest BCUT2D eigenvalue weighted by atomic mass is 79.9. The predicted molar refractivity (Wildman–Crippen MR) is 101 cm³/mol. The highest BCUT2D eigenvalue weighted by Gasteiger charge is 2.29. The van der Waals surface area contributed by atoms with Crippen molar-refractivity contribution in [2.75, 3.05) is 18.4 Å². The molecule has 5 nitrogen and oxygen atoms in total. The molecule has 0 saturated carbocycles. The average Bonchev–Trinajstić information content (AvgIpc) is 3.10. The molecule has 2 aromatic rings. The normalized spacial score (nSPS) is 15.3. The van der Waals surface area contributed by atoms with Gasteiger partial charge in [-0.1, -0.05) is 28.1 Å². The van der Waals surface area contributed by atoms with Gasteiger partial charge in [-0.2, -0.15) is 4.31 Å². The summed E-state index contributed by atoms with van der Waals surface area (Å²) in [5.41, 5.74) is 1.61. The summed E-state index contributed by atoms with van der Waals surface area (Å²) >= 11 is 3.36. The summed E-state index contributed by atoms with van der Waals surface area (Å²) in [6.45, 7) is 2.82. The Kier molecular flexibility index (Phi) is 5.27. The van der Waals surface area contributed by atoms with Gasteiger partial charge in [0.15, 0.2) is 0 Å². The van der Waals surface area contributed by atoms with Crippen LogP contribution < -0.4 is 5.32 Å². The molecule has 0 bridgehead atoms. The van der Waals surface area contributed by atoms with E-state index < -0.39 is 10.0 Å². The minimum Gasteiger partial charge on any atom is -0.322 e. The third-order valence-corrected chi connectivity index (χ3v) is 6.75. The number of hydrogen-bond acceptors (Lipinski definition) is 3. The Labute approximate surface area is 156 Å². The van der Waals surface area contributed by atoms with Gasteiger partial charge in [0.25, 0.3) is 5.91 Å². The van der Waals surface area contributed by atoms with Crippen LogP contribution in [0.5, 0.6) is 0 Å². The van der Waals surface area contributed by atoms with Crippen LogP contribution in [0.2, 0.25) is 0 Å². The lowest BCUT2D eigenvalue weighted by Gasteiger charge is -2.18. The quantitative estimate of drug-likeness (QED) is 0.814. The monoisotopic (exact) mass is 422 g/mol. The highest BCUT2D eigenvalue weighted by Crippen LogP contribution is 2.25. The summed E-state index contributed by atoms with van der Waals surface area (Å²) in [7, 11) is -3.56. The molecule has 0 unspecified atom stereocenters. The first-order valence-corrected chi connectivity index (χ1v) is 10.3. The van der Waals surface area contributed by atoms with E-state index in [1.807, 2.05) is 12.1 Å². The summed E-state index contributed by atoms with van der Waals surface area (Å²) in [6, 6.07) is 12.0. The molecule has 1 N–H and O–H groups in total. The Morgan fingerprint density at radius 1 is 1.12 bits per heavy atom. The first kappa shape index (κ1) is 18.1. The van der Waals surface area contributed by atoms with E-state index in [0.717, 1.165) is 17.3 Å². The maximum atomic E-state index is 12.8. The number of rotatable bonds is 4. The zero-order valence-corrected chi connectivity index (χ0v) is 16.2. The highest BCUT2D eigenvalue weighted by molar-refractivity contribution is 9.10. The lowest BCUT2D eigenvalue weighted by atomic mass is 10.1. The Balaban J connectivity index is 1.89. The fourth-order valence-corrected chi connectivity index (χ4v) is 5.02. The topological polar surface area (TPSA) is 66.5 Å². The van der Waals surface area contributed by atoms with Crippen LogP contribution in [0.25, 0.3) is 0 Å². The third kappa shape index (κ3) is 3.94. The van der Waals surface area contributed by atoms with E-state index in [1.54, 1.807) is 31.2 Å². The molecule has 1 fully saturated rings. The first-order chi connectivity index (χ1) is 11.9. The Morgan fingerprint density at radius 3 is 2.52 bits per heavy atom. The van der Waals surface area contributed by atoms with Gasteiger partial charge in [0, 0.05) is 28.8 Å². The van der Waals surface area contributed by atoms with Crippen LogP contribution >= 0.6 is 15.9 Å². The fourth-order valence-electron chi connectivity index (χ4n) is 2.86. The molecule has 0 radical (unpaired) electrons. The number of carbonyl (C=O) groups is 1. The van der Waals surface area contributed by atoms with E-state index in [4.69, 9.17) is 0 Å². The number of sulfonamides is 1. The summed E-state index contributed by atoms with van der Waals surface area (Å²) in [6.07, 6.45) is 1.75. The van der Waals surface area contributed by atoms with Gasteiger partial charge < -0.3 is 5.32 Å². The number of nitrogens with one attached hydrogen (secondary N) is 1. The molecule has 0 spiro atoms. The SMILES string of the molecule is Cc1ccc(C(=O)Nc2cccc(Br)c2)cc1S(=O)(=O)N1CCCC1. The van der Waals surface area contributed by atoms with Crippen LogP contribution in [0.4, 0.5) is 5.69 Å². The number of amides is 1. The van der Waals surface area contributed by atoms with Gasteiger partial charge in [0.1, 0.15) is 0 Å². The van der Waals surface area contributed by atoms with Gasteiger partial charge in [0.2, 0.25) is 10.0 Å². The van der Waals surface area contributed by atoms with Crippen LogP contribution in [0.15, 0.2) is 51.8 Å². The zero-order chi connectivity index (χ0) is 18.0. The van der Waals surface area contributed by atoms with Gasteiger partial charge in [0.05, 0.1) is 4.90 Å². The second-order valence-corrected chi connectivity index (χ2v) is 8.88. The zero-order valence-electron chi connectivity index (χ0n) is 13.8. The smallest absolute Gasteiger partial charge is 0.255 e. The van der Waals surface area contributed by atoms with E-state index in [-0.39, 0.29) is 10.8 Å². The maximum absolute atomic E-state index is 12.8. The van der Waals surface area contributed by atoms with Crippen LogP contribution in [-0.4, -0.2) is 31.7 Å². The van der Waals surface area contributed by atoms with Crippen molar-refractivity contribution in [3.05, 3.63) is 58.1 Å². The molecule has 2 aromatic carbocycles. The molecule has 7 heteroatoms. The Morgan fingerprint density at radius 2 is 1.84 bits per heavy atom. The molecule has 0 aliphatic carbocycles. The van der Waals surface area contributed by atoms with Gasteiger partial charge in [-0.25, -0.2) is 8.42 Å². The largest absolute Gasteiger partial charge is 0.322 e. The number of anilines is 1. The van der Waals surface area contributed by atoms with E-state index in [2.05, 4.69) is 21.2 Å². The summed E-state index contributed by atoms with van der Waals surface area (Å²) < 4.78 is 28.0. The van der Waals surface area contributed by atoms with Crippen molar-refractivity contribution in [3.63, 3.8) is 0 Å². The van der Waals surface area contributed by atoms with Crippen LogP contribution in [0.3, 0.4) is 0 Å². The van der Waals surface area contributed by atoms with Crippen LogP contribution in [0.1, 0.15) is 28.8 Å². The molecule has 1 heterocycles. The standard InChI is InChI=1S/C18H19BrN2O3S/c1-13-7-8-14(18(22)20-16-6-4-5-15(19)12-16)11-17(13)25(23,24)21-9-2-3-10-21/h4-8,11-12H,2-3,9-10H2,1H3,(H,20,22). The number of aryl methyl sites for hydroxylation is 1. The Hall–Kier alpha value is -1.70. The van der Waals surface area contributed by atoms with Gasteiger partial charge in [-0.05, 0) is 55.7 Å². The number of carbonyl (C=O) groups excluding carboxylic acids is 1. The van der Waals surface area contributed by atoms with Crippen molar-refractivity contribution < 1.29 is 13.2 Å². The molecule has 25 heavy (non-hydrogen) atoms. The molecular formula is C18H19BrN2O3S. The van der Waals surface area contributed by atoms with Crippen molar-refractivity contribution >= 4 is 37.5 Å². The first-order valence-electron chi connectivity index (χ1n) is 8.05. The summed E-state index contributed by atoms with van der Waals surface area (Å²) in [5.74, 6) is -0.337. The van der Waals surface area contributed by atoms with E-state index in [9.17, 15) is 13.2 Å². The van der Waals surface area contributed by atoms with E-state index in [0.29, 0.717) is 29.9 Å². The van der Waals surface area contributed by atoms with Crippen LogP contribution in [-0.2, 0) is 10.0 Å². The van der Waals surface area contributed by atoms with Crippen molar-refractivity contribution in [2.24, 2.45) is 0 Å². The van der Waals surface area contributed by atoms with E-state index in [1.165, 1.54) is 10.4 Å². The van der Waals surface area contributed by atoms with Crippen molar-refractivity contribution in [3.8, 4) is 0 Å². The maximum Gasteiger partial charge on any atom is 0.255 e. The number of nitrogens with zero attached hydrogens (tertiary/aromatic N) is 1.